The minimum absolute atomic E-state index is 0.0864. The van der Waals surface area contributed by atoms with E-state index < -0.39 is 0 Å². The third-order valence-electron chi connectivity index (χ3n) is 6.43. The number of carbonyl (C=O) groups excluding carboxylic acids is 2. The number of fused-ring (bicyclic) bond motifs is 1. The van der Waals surface area contributed by atoms with Crippen molar-refractivity contribution in [3.63, 3.8) is 0 Å². The summed E-state index contributed by atoms with van der Waals surface area (Å²) < 4.78 is 0. The Kier molecular flexibility index (Phi) is 6.22. The maximum atomic E-state index is 13.4. The van der Waals surface area contributed by atoms with Crippen LogP contribution < -0.4 is 4.90 Å². The number of amides is 2. The highest BCUT2D eigenvalue weighted by Crippen LogP contribution is 2.35. The van der Waals surface area contributed by atoms with Crippen molar-refractivity contribution < 1.29 is 9.59 Å². The van der Waals surface area contributed by atoms with E-state index in [0.29, 0.717) is 54.8 Å². The summed E-state index contributed by atoms with van der Waals surface area (Å²) in [7, 11) is 0. The van der Waals surface area contributed by atoms with Gasteiger partial charge in [-0.05, 0) is 52.4 Å². The molecule has 2 aromatic rings. The van der Waals surface area contributed by atoms with Gasteiger partial charge in [0.1, 0.15) is 11.6 Å². The van der Waals surface area contributed by atoms with E-state index in [2.05, 4.69) is 23.8 Å². The average Bonchev–Trinajstić information content (AvgIpc) is 3.22. The van der Waals surface area contributed by atoms with Gasteiger partial charge in [0, 0.05) is 37.0 Å². The van der Waals surface area contributed by atoms with Gasteiger partial charge in [0.15, 0.2) is 5.82 Å². The van der Waals surface area contributed by atoms with Crippen LogP contribution in [-0.2, 0) is 11.2 Å². The Hall–Kier alpha value is -2.90. The lowest BCUT2D eigenvalue weighted by molar-refractivity contribution is -0.119. The van der Waals surface area contributed by atoms with Crippen LogP contribution in [0.3, 0.4) is 0 Å². The second-order valence-corrected chi connectivity index (χ2v) is 9.27. The predicted octanol–water partition coefficient (Wildman–Crippen LogP) is 3.49. The van der Waals surface area contributed by atoms with E-state index in [1.165, 1.54) is 0 Å². The predicted molar refractivity (Wildman–Crippen MR) is 121 cm³/mol. The number of carbonyl (C=O) groups is 2. The summed E-state index contributed by atoms with van der Waals surface area (Å²) in [5.74, 6) is 2.54. The molecule has 0 aromatic carbocycles. The van der Waals surface area contributed by atoms with Crippen molar-refractivity contribution in [1.29, 1.82) is 0 Å². The molecule has 0 spiro atoms. The van der Waals surface area contributed by atoms with Crippen LogP contribution in [0.5, 0.6) is 0 Å². The zero-order valence-electron chi connectivity index (χ0n) is 19.7. The van der Waals surface area contributed by atoms with Gasteiger partial charge >= 0.3 is 0 Å². The van der Waals surface area contributed by atoms with Gasteiger partial charge in [0.05, 0.1) is 17.3 Å². The van der Waals surface area contributed by atoms with E-state index in [0.717, 1.165) is 36.3 Å². The second-order valence-electron chi connectivity index (χ2n) is 9.27. The number of hydrogen-bond acceptors (Lipinski definition) is 6. The van der Waals surface area contributed by atoms with Gasteiger partial charge in [-0.1, -0.05) is 13.8 Å². The normalized spacial score (nSPS) is 18.4. The van der Waals surface area contributed by atoms with Crippen molar-refractivity contribution in [3.05, 3.63) is 40.4 Å². The molecule has 0 radical (unpaired) electrons. The van der Waals surface area contributed by atoms with Crippen molar-refractivity contribution in [1.82, 2.24) is 24.8 Å². The molecule has 32 heavy (non-hydrogen) atoms. The molecule has 170 valence electrons. The molecule has 2 amide bonds. The molecule has 4 rings (SSSR count). The molecule has 1 atom stereocenters. The molecule has 0 bridgehead atoms. The van der Waals surface area contributed by atoms with Crippen LogP contribution in [0.25, 0.3) is 0 Å². The molecular weight excluding hydrogens is 404 g/mol. The molecule has 0 unspecified atom stereocenters. The highest BCUT2D eigenvalue weighted by Gasteiger charge is 2.36. The van der Waals surface area contributed by atoms with E-state index in [-0.39, 0.29) is 17.9 Å². The Balaban J connectivity index is 1.68. The largest absolute Gasteiger partial charge is 0.328 e. The number of aromatic nitrogens is 4. The molecule has 2 aliphatic rings. The minimum atomic E-state index is -0.212. The fourth-order valence-electron chi connectivity index (χ4n) is 4.60. The lowest BCUT2D eigenvalue weighted by atomic mass is 10.0. The number of likely N-dealkylation sites (tertiary alicyclic amines) is 1. The summed E-state index contributed by atoms with van der Waals surface area (Å²) >= 11 is 0. The van der Waals surface area contributed by atoms with Crippen LogP contribution in [0, 0.1) is 26.7 Å². The SMILES string of the molecule is Cc1ncc(C(=O)N2CCC[C@@H]2c2nc(C)c3c(n2)N(CCC(C)C)C(=O)CC3)c(C)n1. The van der Waals surface area contributed by atoms with Crippen molar-refractivity contribution in [3.8, 4) is 0 Å². The molecule has 0 N–H and O–H groups in total. The van der Waals surface area contributed by atoms with Crippen molar-refractivity contribution in [2.45, 2.75) is 72.8 Å². The van der Waals surface area contributed by atoms with Crippen LogP contribution in [0.2, 0.25) is 0 Å². The van der Waals surface area contributed by atoms with Gasteiger partial charge in [-0.2, -0.15) is 0 Å². The summed E-state index contributed by atoms with van der Waals surface area (Å²) in [6.07, 6.45) is 5.39. The lowest BCUT2D eigenvalue weighted by Gasteiger charge is -2.31. The quantitative estimate of drug-likeness (QED) is 0.712. The molecule has 8 heteroatoms. The summed E-state index contributed by atoms with van der Waals surface area (Å²) in [6, 6.07) is -0.212. The number of aryl methyl sites for hydroxylation is 3. The maximum absolute atomic E-state index is 13.4. The third kappa shape index (κ3) is 4.23. The smallest absolute Gasteiger partial charge is 0.257 e. The van der Waals surface area contributed by atoms with Crippen molar-refractivity contribution >= 4 is 17.6 Å². The molecule has 1 saturated heterocycles. The standard InChI is InChI=1S/C24H32N6O2/c1-14(2)10-12-30-21(31)9-8-18-15(3)27-22(28-23(18)30)20-7-6-11-29(20)24(32)19-13-25-17(5)26-16(19)4/h13-14,20H,6-12H2,1-5H3/t20-/m1/s1. The van der Waals surface area contributed by atoms with Gasteiger partial charge in [-0.3, -0.25) is 14.5 Å². The Bertz CT molecular complexity index is 1050. The van der Waals surface area contributed by atoms with E-state index in [1.54, 1.807) is 6.20 Å². The first-order chi connectivity index (χ1) is 15.3. The first-order valence-corrected chi connectivity index (χ1v) is 11.5. The number of rotatable bonds is 5. The van der Waals surface area contributed by atoms with Crippen LogP contribution >= 0.6 is 0 Å². The summed E-state index contributed by atoms with van der Waals surface area (Å²) in [5.41, 5.74) is 3.16. The van der Waals surface area contributed by atoms with Crippen LogP contribution in [-0.4, -0.2) is 49.7 Å². The maximum Gasteiger partial charge on any atom is 0.257 e. The number of nitrogens with zero attached hydrogens (tertiary/aromatic N) is 6. The lowest BCUT2D eigenvalue weighted by Crippen LogP contribution is -2.39. The van der Waals surface area contributed by atoms with E-state index in [1.807, 2.05) is 30.6 Å². The fraction of sp³-hybridized carbons (Fsp3) is 0.583. The number of hydrogen-bond donors (Lipinski definition) is 0. The van der Waals surface area contributed by atoms with Crippen LogP contribution in [0.1, 0.15) is 84.5 Å². The zero-order valence-corrected chi connectivity index (χ0v) is 19.7. The van der Waals surface area contributed by atoms with Crippen molar-refractivity contribution in [2.75, 3.05) is 18.0 Å². The third-order valence-corrected chi connectivity index (χ3v) is 6.43. The van der Waals surface area contributed by atoms with Gasteiger partial charge in [-0.25, -0.2) is 19.9 Å². The topological polar surface area (TPSA) is 92.2 Å². The Morgan fingerprint density at radius 3 is 2.62 bits per heavy atom. The highest BCUT2D eigenvalue weighted by molar-refractivity contribution is 5.96. The van der Waals surface area contributed by atoms with Crippen LogP contribution in [0.15, 0.2) is 6.20 Å². The molecule has 2 aliphatic heterocycles. The van der Waals surface area contributed by atoms with Gasteiger partial charge < -0.3 is 4.90 Å². The first kappa shape index (κ1) is 22.3. The number of anilines is 1. The molecular formula is C24H32N6O2. The van der Waals surface area contributed by atoms with Gasteiger partial charge in [0.25, 0.3) is 5.91 Å². The Morgan fingerprint density at radius 1 is 1.12 bits per heavy atom. The van der Waals surface area contributed by atoms with E-state index >= 15 is 0 Å². The minimum Gasteiger partial charge on any atom is -0.328 e. The Labute approximate surface area is 189 Å². The molecule has 0 aliphatic carbocycles. The fourth-order valence-corrected chi connectivity index (χ4v) is 4.60. The summed E-state index contributed by atoms with van der Waals surface area (Å²) in [5, 5.41) is 0. The van der Waals surface area contributed by atoms with E-state index in [9.17, 15) is 9.59 Å². The highest BCUT2D eigenvalue weighted by atomic mass is 16.2. The summed E-state index contributed by atoms with van der Waals surface area (Å²) in [4.78, 5) is 48.0. The molecule has 1 fully saturated rings. The molecule has 2 aromatic heterocycles. The molecule has 4 heterocycles. The zero-order chi connectivity index (χ0) is 23.0. The Morgan fingerprint density at radius 2 is 1.91 bits per heavy atom. The second kappa shape index (κ2) is 8.92. The first-order valence-electron chi connectivity index (χ1n) is 11.5. The van der Waals surface area contributed by atoms with Gasteiger partial charge in [0.2, 0.25) is 5.91 Å². The average molecular weight is 437 g/mol. The monoisotopic (exact) mass is 436 g/mol. The van der Waals surface area contributed by atoms with Crippen molar-refractivity contribution in [2.24, 2.45) is 5.92 Å². The van der Waals surface area contributed by atoms with E-state index in [4.69, 9.17) is 9.97 Å². The molecule has 8 nitrogen and oxygen atoms in total. The van der Waals surface area contributed by atoms with Gasteiger partial charge in [-0.15, -0.1) is 0 Å². The summed E-state index contributed by atoms with van der Waals surface area (Å²) in [6.45, 7) is 11.3. The van der Waals surface area contributed by atoms with Crippen LogP contribution in [0.4, 0.5) is 5.82 Å². The molecule has 0 saturated carbocycles.